The standard InChI is InChI=1S/C16H13ClN4S2/c1-23-16(22)20-18-10-13-14-4-2-3-9-21(14)15(19-13)11-5-7-12(17)8-6-11/h2-10H,1H3,(H,20,22)/b18-10+. The number of benzene rings is 1. The molecule has 0 aliphatic heterocycles. The molecule has 1 aromatic carbocycles. The minimum atomic E-state index is 0.614. The van der Waals surface area contributed by atoms with Crippen LogP contribution in [-0.4, -0.2) is 26.2 Å². The van der Waals surface area contributed by atoms with Gasteiger partial charge in [0, 0.05) is 16.8 Å². The van der Waals surface area contributed by atoms with Gasteiger partial charge in [-0.25, -0.2) is 4.98 Å². The van der Waals surface area contributed by atoms with Crippen molar-refractivity contribution in [3.63, 3.8) is 0 Å². The Labute approximate surface area is 148 Å². The van der Waals surface area contributed by atoms with E-state index in [4.69, 9.17) is 28.8 Å². The number of aromatic nitrogens is 2. The summed E-state index contributed by atoms with van der Waals surface area (Å²) in [7, 11) is 0. The largest absolute Gasteiger partial charge is 0.299 e. The first-order valence-corrected chi connectivity index (χ1v) is 8.80. The number of hydrogen-bond acceptors (Lipinski definition) is 4. The molecule has 0 aliphatic carbocycles. The Morgan fingerprint density at radius 2 is 2.09 bits per heavy atom. The molecule has 0 saturated heterocycles. The van der Waals surface area contributed by atoms with E-state index in [0.29, 0.717) is 9.34 Å². The van der Waals surface area contributed by atoms with E-state index in [2.05, 4.69) is 10.5 Å². The zero-order valence-electron chi connectivity index (χ0n) is 12.2. The van der Waals surface area contributed by atoms with Gasteiger partial charge in [-0.2, -0.15) is 5.10 Å². The van der Waals surface area contributed by atoms with Gasteiger partial charge in [0.25, 0.3) is 0 Å². The maximum atomic E-state index is 5.96. The number of hydrazone groups is 1. The van der Waals surface area contributed by atoms with Crippen molar-refractivity contribution in [1.29, 1.82) is 0 Å². The third kappa shape index (κ3) is 3.55. The van der Waals surface area contributed by atoms with Crippen LogP contribution in [-0.2, 0) is 0 Å². The van der Waals surface area contributed by atoms with Gasteiger partial charge in [0.05, 0.1) is 11.7 Å². The van der Waals surface area contributed by atoms with E-state index < -0.39 is 0 Å². The highest BCUT2D eigenvalue weighted by atomic mass is 35.5. The number of pyridine rings is 1. The number of rotatable bonds is 3. The van der Waals surface area contributed by atoms with Gasteiger partial charge in [-0.15, -0.1) is 0 Å². The van der Waals surface area contributed by atoms with Crippen molar-refractivity contribution in [1.82, 2.24) is 14.8 Å². The van der Waals surface area contributed by atoms with Crippen LogP contribution in [0.25, 0.3) is 16.9 Å². The van der Waals surface area contributed by atoms with Crippen LogP contribution in [0.1, 0.15) is 5.69 Å². The average Bonchev–Trinajstić information content (AvgIpc) is 2.94. The SMILES string of the molecule is CSC(=S)N/N=C/c1nc(-c2ccc(Cl)cc2)n2ccccc12. The first kappa shape index (κ1) is 16.0. The molecule has 23 heavy (non-hydrogen) atoms. The van der Waals surface area contributed by atoms with Gasteiger partial charge in [-0.3, -0.25) is 9.83 Å². The topological polar surface area (TPSA) is 41.7 Å². The van der Waals surface area contributed by atoms with Crippen LogP contribution in [0.4, 0.5) is 0 Å². The summed E-state index contributed by atoms with van der Waals surface area (Å²) in [6.07, 6.45) is 5.55. The quantitative estimate of drug-likeness (QED) is 0.431. The Morgan fingerprint density at radius 1 is 1.30 bits per heavy atom. The first-order valence-electron chi connectivity index (χ1n) is 6.79. The Bertz CT molecular complexity index is 871. The van der Waals surface area contributed by atoms with E-state index in [1.807, 2.05) is 59.3 Å². The molecule has 0 aliphatic rings. The summed E-state index contributed by atoms with van der Waals surface area (Å²) in [6.45, 7) is 0. The molecule has 0 fully saturated rings. The number of hydrogen-bond donors (Lipinski definition) is 1. The number of nitrogens with zero attached hydrogens (tertiary/aromatic N) is 3. The molecule has 0 radical (unpaired) electrons. The highest BCUT2D eigenvalue weighted by Gasteiger charge is 2.10. The Morgan fingerprint density at radius 3 is 2.83 bits per heavy atom. The lowest BCUT2D eigenvalue weighted by Gasteiger charge is -2.00. The molecule has 0 spiro atoms. The third-order valence-electron chi connectivity index (χ3n) is 3.21. The normalized spacial score (nSPS) is 11.2. The van der Waals surface area contributed by atoms with Crippen molar-refractivity contribution in [2.75, 3.05) is 6.26 Å². The van der Waals surface area contributed by atoms with Crippen LogP contribution in [0.5, 0.6) is 0 Å². The molecule has 0 bridgehead atoms. The zero-order chi connectivity index (χ0) is 16.2. The molecule has 0 atom stereocenters. The van der Waals surface area contributed by atoms with Crippen molar-refractivity contribution in [2.24, 2.45) is 5.10 Å². The lowest BCUT2D eigenvalue weighted by atomic mass is 10.2. The fourth-order valence-electron chi connectivity index (χ4n) is 2.15. The van der Waals surface area contributed by atoms with Crippen molar-refractivity contribution in [2.45, 2.75) is 0 Å². The van der Waals surface area contributed by atoms with Crippen molar-refractivity contribution in [3.8, 4) is 11.4 Å². The number of fused-ring (bicyclic) bond motifs is 1. The summed E-state index contributed by atoms with van der Waals surface area (Å²) in [4.78, 5) is 4.69. The number of thiocarbonyl (C=S) groups is 1. The smallest absolute Gasteiger partial charge is 0.153 e. The summed E-state index contributed by atoms with van der Waals surface area (Å²) < 4.78 is 2.64. The van der Waals surface area contributed by atoms with E-state index in [1.54, 1.807) is 6.21 Å². The Kier molecular flexibility index (Phi) is 4.95. The van der Waals surface area contributed by atoms with Crippen LogP contribution < -0.4 is 5.43 Å². The monoisotopic (exact) mass is 360 g/mol. The molecule has 0 saturated carbocycles. The van der Waals surface area contributed by atoms with Gasteiger partial charge in [0.15, 0.2) is 4.32 Å². The minimum Gasteiger partial charge on any atom is -0.299 e. The molecular formula is C16H13ClN4S2. The van der Waals surface area contributed by atoms with Gasteiger partial charge < -0.3 is 0 Å². The lowest BCUT2D eigenvalue weighted by Crippen LogP contribution is -2.10. The predicted molar refractivity (Wildman–Crippen MR) is 102 cm³/mol. The van der Waals surface area contributed by atoms with Crippen LogP contribution in [0.15, 0.2) is 53.8 Å². The molecule has 2 aromatic heterocycles. The molecule has 116 valence electrons. The van der Waals surface area contributed by atoms with Gasteiger partial charge in [-0.05, 0) is 42.7 Å². The maximum absolute atomic E-state index is 5.96. The van der Waals surface area contributed by atoms with Crippen LogP contribution in [0.2, 0.25) is 5.02 Å². The van der Waals surface area contributed by atoms with Gasteiger partial charge in [-0.1, -0.05) is 41.6 Å². The van der Waals surface area contributed by atoms with Crippen LogP contribution >= 0.6 is 35.6 Å². The van der Waals surface area contributed by atoms with Gasteiger partial charge in [0.1, 0.15) is 11.5 Å². The highest BCUT2D eigenvalue weighted by molar-refractivity contribution is 8.22. The highest BCUT2D eigenvalue weighted by Crippen LogP contribution is 2.23. The molecule has 3 rings (SSSR count). The number of imidazole rings is 1. The second-order valence-electron chi connectivity index (χ2n) is 4.65. The summed E-state index contributed by atoms with van der Waals surface area (Å²) in [5.41, 5.74) is 5.53. The van der Waals surface area contributed by atoms with Crippen LogP contribution in [0.3, 0.4) is 0 Å². The fourth-order valence-corrected chi connectivity index (χ4v) is 2.47. The summed E-state index contributed by atoms with van der Waals surface area (Å²) in [6, 6.07) is 13.6. The number of nitrogens with one attached hydrogen (secondary N) is 1. The van der Waals surface area contributed by atoms with E-state index in [-0.39, 0.29) is 0 Å². The summed E-state index contributed by atoms with van der Waals surface area (Å²) >= 11 is 12.5. The maximum Gasteiger partial charge on any atom is 0.153 e. The number of thioether (sulfide) groups is 1. The summed E-state index contributed by atoms with van der Waals surface area (Å²) in [5, 5.41) is 4.85. The molecule has 1 N–H and O–H groups in total. The molecule has 7 heteroatoms. The second kappa shape index (κ2) is 7.12. The molecule has 3 aromatic rings. The molecule has 2 heterocycles. The van der Waals surface area contributed by atoms with Crippen molar-refractivity contribution < 1.29 is 0 Å². The number of halogens is 1. The first-order chi connectivity index (χ1) is 11.2. The Balaban J connectivity index is 2.03. The molecule has 4 nitrogen and oxygen atoms in total. The van der Waals surface area contributed by atoms with Gasteiger partial charge >= 0.3 is 0 Å². The average molecular weight is 361 g/mol. The fraction of sp³-hybridized carbons (Fsp3) is 0.0625. The van der Waals surface area contributed by atoms with E-state index >= 15 is 0 Å². The third-order valence-corrected chi connectivity index (χ3v) is 4.51. The Hall–Kier alpha value is -1.89. The lowest BCUT2D eigenvalue weighted by molar-refractivity contribution is 1.07. The van der Waals surface area contributed by atoms with E-state index in [1.165, 1.54) is 11.8 Å². The molecule has 0 unspecified atom stereocenters. The van der Waals surface area contributed by atoms with Crippen LogP contribution in [0, 0.1) is 0 Å². The minimum absolute atomic E-state index is 0.614. The molecule has 0 amide bonds. The summed E-state index contributed by atoms with van der Waals surface area (Å²) in [5.74, 6) is 0.839. The van der Waals surface area contributed by atoms with Crippen molar-refractivity contribution in [3.05, 3.63) is 59.4 Å². The zero-order valence-corrected chi connectivity index (χ0v) is 14.6. The molecular weight excluding hydrogens is 348 g/mol. The predicted octanol–water partition coefficient (Wildman–Crippen LogP) is 4.23. The van der Waals surface area contributed by atoms with Crippen molar-refractivity contribution >= 4 is 51.6 Å². The second-order valence-corrected chi connectivity index (χ2v) is 6.56. The van der Waals surface area contributed by atoms with Gasteiger partial charge in [0.2, 0.25) is 0 Å². The van der Waals surface area contributed by atoms with E-state index in [0.717, 1.165) is 22.6 Å². The van der Waals surface area contributed by atoms with E-state index in [9.17, 15) is 0 Å².